The Kier molecular flexibility index (Phi) is 8.60. The van der Waals surface area contributed by atoms with E-state index in [4.69, 9.17) is 16.3 Å². The summed E-state index contributed by atoms with van der Waals surface area (Å²) in [6.45, 7) is 8.21. The van der Waals surface area contributed by atoms with Gasteiger partial charge in [-0.3, -0.25) is 0 Å². The maximum absolute atomic E-state index is 10.3. The number of nitrogens with one attached hydrogen (secondary N) is 1. The van der Waals surface area contributed by atoms with Crippen molar-refractivity contribution in [2.45, 2.75) is 38.3 Å². The highest BCUT2D eigenvalue weighted by Crippen LogP contribution is 2.23. The van der Waals surface area contributed by atoms with E-state index < -0.39 is 6.10 Å². The summed E-state index contributed by atoms with van der Waals surface area (Å²) in [7, 11) is 0. The van der Waals surface area contributed by atoms with Gasteiger partial charge >= 0.3 is 0 Å². The molecule has 2 N–H and O–H groups in total. The fraction of sp³-hybridized carbons (Fsp3) is 0.579. The van der Waals surface area contributed by atoms with Crippen LogP contribution in [0.15, 0.2) is 30.9 Å². The number of aliphatic hydroxyl groups is 1. The van der Waals surface area contributed by atoms with Gasteiger partial charge in [0.1, 0.15) is 18.5 Å². The van der Waals surface area contributed by atoms with Crippen molar-refractivity contribution in [3.05, 3.63) is 41.4 Å². The molecule has 134 valence electrons. The van der Waals surface area contributed by atoms with Gasteiger partial charge in [0, 0.05) is 30.2 Å². The van der Waals surface area contributed by atoms with E-state index in [0.29, 0.717) is 24.7 Å². The topological polar surface area (TPSA) is 44.7 Å². The molecule has 0 amide bonds. The second-order valence-electron chi connectivity index (χ2n) is 6.35. The first-order valence-corrected chi connectivity index (χ1v) is 9.20. The van der Waals surface area contributed by atoms with Gasteiger partial charge in [0.25, 0.3) is 0 Å². The first-order chi connectivity index (χ1) is 11.7. The molecule has 2 rings (SSSR count). The quantitative estimate of drug-likeness (QED) is 0.529. The second kappa shape index (κ2) is 10.7. The number of aliphatic hydroxyl groups excluding tert-OH is 1. The van der Waals surface area contributed by atoms with E-state index in [1.165, 1.54) is 25.7 Å². The van der Waals surface area contributed by atoms with Crippen LogP contribution in [0.2, 0.25) is 5.02 Å². The minimum atomic E-state index is -0.479. The number of likely N-dealkylation sites (tertiary alicyclic amines) is 1. The van der Waals surface area contributed by atoms with Crippen molar-refractivity contribution in [3.63, 3.8) is 0 Å². The van der Waals surface area contributed by atoms with Crippen LogP contribution in [0.1, 0.15) is 31.2 Å². The van der Waals surface area contributed by atoms with E-state index in [0.717, 1.165) is 30.9 Å². The van der Waals surface area contributed by atoms with E-state index in [1.807, 2.05) is 24.3 Å². The highest BCUT2D eigenvalue weighted by molar-refractivity contribution is 6.30. The smallest absolute Gasteiger partial charge is 0.124 e. The molecule has 1 aliphatic heterocycles. The summed E-state index contributed by atoms with van der Waals surface area (Å²) in [5.41, 5.74) is 0.992. The third-order valence-electron chi connectivity index (χ3n) is 4.23. The number of ether oxygens (including phenoxy) is 1. The molecule has 0 spiro atoms. The van der Waals surface area contributed by atoms with Crippen molar-refractivity contribution in [2.75, 3.05) is 32.8 Å². The molecule has 0 aromatic heterocycles. The Morgan fingerprint density at radius 1 is 1.29 bits per heavy atom. The van der Waals surface area contributed by atoms with Gasteiger partial charge in [-0.25, -0.2) is 0 Å². The molecule has 1 atom stereocenters. The van der Waals surface area contributed by atoms with E-state index in [9.17, 15) is 5.11 Å². The van der Waals surface area contributed by atoms with E-state index >= 15 is 0 Å². The van der Waals surface area contributed by atoms with Crippen molar-refractivity contribution < 1.29 is 9.84 Å². The van der Waals surface area contributed by atoms with E-state index in [-0.39, 0.29) is 0 Å². The fourth-order valence-corrected chi connectivity index (χ4v) is 3.19. The van der Waals surface area contributed by atoms with Crippen molar-refractivity contribution in [3.8, 4) is 5.75 Å². The predicted molar refractivity (Wildman–Crippen MR) is 99.8 cm³/mol. The van der Waals surface area contributed by atoms with Gasteiger partial charge in [-0.1, -0.05) is 30.5 Å². The Labute approximate surface area is 150 Å². The molecule has 0 aliphatic carbocycles. The average molecular weight is 353 g/mol. The fourth-order valence-electron chi connectivity index (χ4n) is 2.99. The Bertz CT molecular complexity index is 502. The monoisotopic (exact) mass is 352 g/mol. The zero-order chi connectivity index (χ0) is 17.2. The minimum Gasteiger partial charge on any atom is -0.491 e. The summed E-state index contributed by atoms with van der Waals surface area (Å²) in [6.07, 6.45) is 6.39. The summed E-state index contributed by atoms with van der Waals surface area (Å²) >= 11 is 6.08. The van der Waals surface area contributed by atoms with Crippen LogP contribution in [0, 0.1) is 0 Å². The first-order valence-electron chi connectivity index (χ1n) is 8.82. The number of benzene rings is 1. The second-order valence-corrected chi connectivity index (χ2v) is 6.79. The molecule has 24 heavy (non-hydrogen) atoms. The molecule has 0 unspecified atom stereocenters. The predicted octanol–water partition coefficient (Wildman–Crippen LogP) is 3.23. The number of rotatable bonds is 9. The van der Waals surface area contributed by atoms with Gasteiger partial charge in [0.05, 0.1) is 0 Å². The third kappa shape index (κ3) is 6.81. The van der Waals surface area contributed by atoms with Crippen LogP contribution in [-0.2, 0) is 6.54 Å². The summed E-state index contributed by atoms with van der Waals surface area (Å²) in [4.78, 5) is 2.34. The third-order valence-corrected chi connectivity index (χ3v) is 4.46. The number of hydrogen-bond acceptors (Lipinski definition) is 4. The van der Waals surface area contributed by atoms with Crippen LogP contribution in [0.5, 0.6) is 5.75 Å². The Balaban J connectivity index is 1.84. The van der Waals surface area contributed by atoms with Gasteiger partial charge in [-0.2, -0.15) is 0 Å². The molecule has 1 heterocycles. The van der Waals surface area contributed by atoms with Gasteiger partial charge in [-0.05, 0) is 44.1 Å². The standard InChI is InChI=1S/C19H29ClN2O2/c1-2-9-21-13-16-12-17(20)7-8-19(16)24-15-18(23)14-22-10-5-3-4-6-11-22/h2,7-8,12,18,21,23H,1,3-6,9-11,13-15H2/t18-/m1/s1. The number of halogens is 1. The Morgan fingerprint density at radius 2 is 2.04 bits per heavy atom. The van der Waals surface area contributed by atoms with Crippen molar-refractivity contribution in [1.29, 1.82) is 0 Å². The summed E-state index contributed by atoms with van der Waals surface area (Å²) in [6, 6.07) is 5.58. The Morgan fingerprint density at radius 3 is 2.75 bits per heavy atom. The SMILES string of the molecule is C=CCNCc1cc(Cl)ccc1OC[C@H](O)CN1CCCCCC1. The van der Waals surface area contributed by atoms with Gasteiger partial charge in [-0.15, -0.1) is 6.58 Å². The maximum Gasteiger partial charge on any atom is 0.124 e. The lowest BCUT2D eigenvalue weighted by atomic mass is 10.2. The lowest BCUT2D eigenvalue weighted by Gasteiger charge is -2.23. The van der Waals surface area contributed by atoms with Crippen LogP contribution in [0.4, 0.5) is 0 Å². The largest absolute Gasteiger partial charge is 0.491 e. The molecule has 0 bridgehead atoms. The number of β-amino-alcohol motifs (C(OH)–C–C–N with tert-alkyl or cyclic N) is 1. The van der Waals surface area contributed by atoms with Crippen LogP contribution >= 0.6 is 11.6 Å². The zero-order valence-electron chi connectivity index (χ0n) is 14.3. The van der Waals surface area contributed by atoms with Crippen LogP contribution < -0.4 is 10.1 Å². The Hall–Kier alpha value is -1.07. The minimum absolute atomic E-state index is 0.298. The van der Waals surface area contributed by atoms with Gasteiger partial charge < -0.3 is 20.1 Å². The zero-order valence-corrected chi connectivity index (χ0v) is 15.1. The number of hydrogen-bond donors (Lipinski definition) is 2. The highest BCUT2D eigenvalue weighted by atomic mass is 35.5. The molecule has 1 saturated heterocycles. The van der Waals surface area contributed by atoms with Crippen LogP contribution in [-0.4, -0.2) is 48.9 Å². The first kappa shape index (κ1) is 19.3. The summed E-state index contributed by atoms with van der Waals surface area (Å²) in [5, 5.41) is 14.2. The van der Waals surface area contributed by atoms with E-state index in [1.54, 1.807) is 0 Å². The molecule has 0 radical (unpaired) electrons. The molecular formula is C19H29ClN2O2. The number of nitrogens with zero attached hydrogens (tertiary/aromatic N) is 1. The molecule has 1 aliphatic rings. The molecule has 1 aromatic carbocycles. The molecular weight excluding hydrogens is 324 g/mol. The summed E-state index contributed by atoms with van der Waals surface area (Å²) < 4.78 is 5.86. The average Bonchev–Trinajstić information content (AvgIpc) is 2.83. The molecule has 4 nitrogen and oxygen atoms in total. The normalized spacial score (nSPS) is 17.2. The molecule has 0 saturated carbocycles. The highest BCUT2D eigenvalue weighted by Gasteiger charge is 2.15. The van der Waals surface area contributed by atoms with Crippen molar-refractivity contribution in [1.82, 2.24) is 10.2 Å². The van der Waals surface area contributed by atoms with E-state index in [2.05, 4.69) is 16.8 Å². The van der Waals surface area contributed by atoms with Gasteiger partial charge in [0.15, 0.2) is 0 Å². The van der Waals surface area contributed by atoms with Crippen molar-refractivity contribution in [2.24, 2.45) is 0 Å². The molecule has 1 aromatic rings. The lowest BCUT2D eigenvalue weighted by Crippen LogP contribution is -2.36. The van der Waals surface area contributed by atoms with Crippen molar-refractivity contribution >= 4 is 11.6 Å². The van der Waals surface area contributed by atoms with Crippen LogP contribution in [0.3, 0.4) is 0 Å². The molecule has 1 fully saturated rings. The van der Waals surface area contributed by atoms with Crippen LogP contribution in [0.25, 0.3) is 0 Å². The summed E-state index contributed by atoms with van der Waals surface area (Å²) in [5.74, 6) is 0.769. The lowest BCUT2D eigenvalue weighted by molar-refractivity contribution is 0.0690. The molecule has 5 heteroatoms. The maximum atomic E-state index is 10.3. The van der Waals surface area contributed by atoms with Gasteiger partial charge in [0.2, 0.25) is 0 Å².